The number of hydrogen-bond donors (Lipinski definition) is 0. The Morgan fingerprint density at radius 1 is 1.07 bits per heavy atom. The second-order valence-electron chi connectivity index (χ2n) is 6.44. The van der Waals surface area contributed by atoms with E-state index in [1.54, 1.807) is 43.3 Å². The van der Waals surface area contributed by atoms with Gasteiger partial charge in [-0.05, 0) is 69.1 Å². The van der Waals surface area contributed by atoms with Crippen LogP contribution in [0.2, 0.25) is 0 Å². The van der Waals surface area contributed by atoms with Crippen LogP contribution in [-0.2, 0) is 0 Å². The summed E-state index contributed by atoms with van der Waals surface area (Å²) in [5.41, 5.74) is 4.41. The molecule has 4 unspecified atom stereocenters. The fourth-order valence-corrected chi connectivity index (χ4v) is 4.93. The van der Waals surface area contributed by atoms with Crippen molar-refractivity contribution in [3.63, 3.8) is 0 Å². The van der Waals surface area contributed by atoms with Crippen LogP contribution in [0.15, 0.2) is 11.1 Å². The highest BCUT2D eigenvalue weighted by Crippen LogP contribution is 2.77. The van der Waals surface area contributed by atoms with Crippen molar-refractivity contribution in [1.82, 2.24) is 0 Å². The summed E-state index contributed by atoms with van der Waals surface area (Å²) < 4.78 is 0. The van der Waals surface area contributed by atoms with E-state index < -0.39 is 0 Å². The summed E-state index contributed by atoms with van der Waals surface area (Å²) >= 11 is 0. The molecule has 4 aliphatic carbocycles. The van der Waals surface area contributed by atoms with Crippen LogP contribution in [0, 0.1) is 29.1 Å². The molecular weight excluding hydrogens is 168 g/mol. The van der Waals surface area contributed by atoms with E-state index in [1.165, 1.54) is 5.92 Å². The summed E-state index contributed by atoms with van der Waals surface area (Å²) in [6.07, 6.45) is 7.92. The third-order valence-electron chi connectivity index (χ3n) is 6.17. The Morgan fingerprint density at radius 3 is 2.36 bits per heavy atom. The molecule has 0 bridgehead atoms. The third kappa shape index (κ3) is 0.741. The van der Waals surface area contributed by atoms with Crippen molar-refractivity contribution in [3.8, 4) is 0 Å². The van der Waals surface area contributed by atoms with Gasteiger partial charge in [-0.3, -0.25) is 0 Å². The molecule has 0 amide bonds. The summed E-state index contributed by atoms with van der Waals surface area (Å²) in [5, 5.41) is 0. The van der Waals surface area contributed by atoms with E-state index in [0.29, 0.717) is 0 Å². The Kier molecular flexibility index (Phi) is 1.21. The molecule has 0 aromatic rings. The molecule has 0 heterocycles. The van der Waals surface area contributed by atoms with Gasteiger partial charge in [-0.25, -0.2) is 0 Å². The molecule has 0 heteroatoms. The van der Waals surface area contributed by atoms with E-state index in [-0.39, 0.29) is 0 Å². The Morgan fingerprint density at radius 2 is 1.86 bits per heavy atom. The normalized spacial score (nSPS) is 54.9. The molecule has 4 aliphatic rings. The van der Waals surface area contributed by atoms with Crippen molar-refractivity contribution >= 4 is 0 Å². The Labute approximate surface area is 86.8 Å². The lowest BCUT2D eigenvalue weighted by atomic mass is 9.60. The highest BCUT2D eigenvalue weighted by molar-refractivity contribution is 5.39. The molecule has 1 spiro atoms. The predicted octanol–water partition coefficient (Wildman–Crippen LogP) is 3.78. The van der Waals surface area contributed by atoms with Crippen LogP contribution in [0.4, 0.5) is 0 Å². The van der Waals surface area contributed by atoms with Gasteiger partial charge in [-0.1, -0.05) is 11.1 Å². The van der Waals surface area contributed by atoms with E-state index in [0.717, 1.165) is 23.2 Å². The van der Waals surface area contributed by atoms with Crippen LogP contribution in [0.5, 0.6) is 0 Å². The molecule has 76 valence electrons. The maximum atomic E-state index is 2.35. The highest BCUT2D eigenvalue weighted by Gasteiger charge is 2.68. The maximum absolute atomic E-state index is 2.35. The van der Waals surface area contributed by atoms with Gasteiger partial charge in [-0.15, -0.1) is 0 Å². The quantitative estimate of drug-likeness (QED) is 0.549. The molecule has 0 aliphatic heterocycles. The van der Waals surface area contributed by atoms with Crippen LogP contribution in [-0.4, -0.2) is 0 Å². The van der Waals surface area contributed by atoms with Crippen molar-refractivity contribution < 1.29 is 0 Å². The van der Waals surface area contributed by atoms with Crippen LogP contribution in [0.3, 0.4) is 0 Å². The second-order valence-corrected chi connectivity index (χ2v) is 6.44. The molecule has 3 fully saturated rings. The molecule has 3 saturated carbocycles. The molecule has 0 aromatic carbocycles. The first kappa shape index (κ1) is 7.96. The third-order valence-corrected chi connectivity index (χ3v) is 6.17. The van der Waals surface area contributed by atoms with Gasteiger partial charge in [0.15, 0.2) is 0 Å². The van der Waals surface area contributed by atoms with E-state index in [4.69, 9.17) is 0 Å². The minimum Gasteiger partial charge on any atom is -0.0663 e. The van der Waals surface area contributed by atoms with Gasteiger partial charge in [-0.2, -0.15) is 0 Å². The van der Waals surface area contributed by atoms with E-state index in [9.17, 15) is 0 Å². The fraction of sp³-hybridized carbons (Fsp3) is 0.857. The molecule has 4 atom stereocenters. The molecule has 0 N–H and O–H groups in total. The molecule has 0 aromatic heterocycles. The predicted molar refractivity (Wildman–Crippen MR) is 57.9 cm³/mol. The fourth-order valence-electron chi connectivity index (χ4n) is 4.93. The second kappa shape index (κ2) is 2.13. The zero-order valence-corrected chi connectivity index (χ0v) is 9.34. The average molecular weight is 188 g/mol. The zero-order chi connectivity index (χ0) is 9.50. The molecule has 0 radical (unpaired) electrons. The van der Waals surface area contributed by atoms with Crippen molar-refractivity contribution in [1.29, 1.82) is 0 Å². The topological polar surface area (TPSA) is 0 Å². The smallest absolute Gasteiger partial charge is 0.00354 e. The summed E-state index contributed by atoms with van der Waals surface area (Å²) in [5.74, 6) is 4.38. The van der Waals surface area contributed by atoms with Crippen molar-refractivity contribution in [2.45, 2.75) is 46.0 Å². The van der Waals surface area contributed by atoms with Gasteiger partial charge in [0.05, 0.1) is 0 Å². The molecular formula is C14H20. The number of hydrogen-bond acceptors (Lipinski definition) is 0. The summed E-state index contributed by atoms with van der Waals surface area (Å²) in [6.45, 7) is 4.70. The first-order valence-electron chi connectivity index (χ1n) is 6.39. The first-order chi connectivity index (χ1) is 6.72. The Bertz CT molecular complexity index is 326. The van der Waals surface area contributed by atoms with Gasteiger partial charge in [0.25, 0.3) is 0 Å². The van der Waals surface area contributed by atoms with Crippen LogP contribution < -0.4 is 0 Å². The SMILES string of the molecule is CC1=C(C)C1C1CCC23CC2CC3C1. The largest absolute Gasteiger partial charge is 0.0663 e. The van der Waals surface area contributed by atoms with Crippen LogP contribution in [0.1, 0.15) is 46.0 Å². The molecule has 0 saturated heterocycles. The van der Waals surface area contributed by atoms with Gasteiger partial charge in [0.2, 0.25) is 0 Å². The van der Waals surface area contributed by atoms with Crippen LogP contribution >= 0.6 is 0 Å². The van der Waals surface area contributed by atoms with E-state index in [2.05, 4.69) is 13.8 Å². The first-order valence-corrected chi connectivity index (χ1v) is 6.39. The van der Waals surface area contributed by atoms with Crippen molar-refractivity contribution in [2.24, 2.45) is 29.1 Å². The highest BCUT2D eigenvalue weighted by atomic mass is 14.7. The van der Waals surface area contributed by atoms with Crippen molar-refractivity contribution in [2.75, 3.05) is 0 Å². The summed E-state index contributed by atoms with van der Waals surface area (Å²) in [7, 11) is 0. The van der Waals surface area contributed by atoms with Crippen molar-refractivity contribution in [3.05, 3.63) is 11.1 Å². The molecule has 14 heavy (non-hydrogen) atoms. The number of rotatable bonds is 1. The molecule has 4 rings (SSSR count). The van der Waals surface area contributed by atoms with E-state index in [1.807, 2.05) is 0 Å². The Hall–Kier alpha value is -0.260. The monoisotopic (exact) mass is 188 g/mol. The maximum Gasteiger partial charge on any atom is 0.00354 e. The summed E-state index contributed by atoms with van der Waals surface area (Å²) in [6, 6.07) is 0. The van der Waals surface area contributed by atoms with Gasteiger partial charge >= 0.3 is 0 Å². The lowest BCUT2D eigenvalue weighted by Gasteiger charge is -2.44. The zero-order valence-electron chi connectivity index (χ0n) is 9.34. The van der Waals surface area contributed by atoms with Gasteiger partial charge in [0, 0.05) is 5.92 Å². The standard InChI is InChI=1S/C14H20/c1-8-9(2)13(8)10-3-4-14-7-12(14)6-11(14)5-10/h10-13H,3-7H2,1-2H3. The van der Waals surface area contributed by atoms with Gasteiger partial charge < -0.3 is 0 Å². The van der Waals surface area contributed by atoms with Gasteiger partial charge in [0.1, 0.15) is 0 Å². The van der Waals surface area contributed by atoms with Crippen LogP contribution in [0.25, 0.3) is 0 Å². The minimum absolute atomic E-state index is 0.938. The summed E-state index contributed by atoms with van der Waals surface area (Å²) in [4.78, 5) is 0. The van der Waals surface area contributed by atoms with E-state index >= 15 is 0 Å². The average Bonchev–Trinajstić information content (AvgIpc) is 2.93. The lowest BCUT2D eigenvalue weighted by molar-refractivity contribution is 0.0571. The Balaban J connectivity index is 1.48. The molecule has 0 nitrogen and oxygen atoms in total. The minimum atomic E-state index is 0.938. The lowest BCUT2D eigenvalue weighted by Crippen LogP contribution is -2.36. The number of allylic oxidation sites excluding steroid dienone is 2.